The number of ether oxygens (including phenoxy) is 1. The molecule has 21 heavy (non-hydrogen) atoms. The maximum Gasteiger partial charge on any atom is 0.123 e. The molecule has 2 nitrogen and oxygen atoms in total. The Morgan fingerprint density at radius 2 is 2.05 bits per heavy atom. The zero-order chi connectivity index (χ0) is 14.7. The molecule has 1 heterocycles. The highest BCUT2D eigenvalue weighted by molar-refractivity contribution is 5.39. The molecule has 2 aromatic carbocycles. The van der Waals surface area contributed by atoms with Crippen LogP contribution in [0.3, 0.4) is 0 Å². The molecule has 0 aromatic heterocycles. The Labute approximate surface area is 124 Å². The van der Waals surface area contributed by atoms with E-state index in [2.05, 4.69) is 18.2 Å². The molecule has 1 aliphatic rings. The molecule has 0 aliphatic carbocycles. The van der Waals surface area contributed by atoms with Crippen molar-refractivity contribution in [3.05, 3.63) is 65.0 Å². The van der Waals surface area contributed by atoms with Gasteiger partial charge in [0.25, 0.3) is 0 Å². The maximum atomic E-state index is 13.1. The summed E-state index contributed by atoms with van der Waals surface area (Å²) in [7, 11) is 0. The van der Waals surface area contributed by atoms with E-state index in [1.165, 1.54) is 17.2 Å². The van der Waals surface area contributed by atoms with Crippen molar-refractivity contribution in [3.63, 3.8) is 0 Å². The molecule has 0 bridgehead atoms. The minimum absolute atomic E-state index is 0.0521. The molecule has 0 saturated heterocycles. The third-order valence-electron chi connectivity index (χ3n) is 3.94. The highest BCUT2D eigenvalue weighted by Gasteiger charge is 2.12. The van der Waals surface area contributed by atoms with Crippen molar-refractivity contribution in [1.82, 2.24) is 0 Å². The molecule has 110 valence electrons. The van der Waals surface area contributed by atoms with Gasteiger partial charge in [-0.2, -0.15) is 0 Å². The van der Waals surface area contributed by atoms with Crippen molar-refractivity contribution in [3.8, 4) is 5.75 Å². The smallest absolute Gasteiger partial charge is 0.123 e. The minimum atomic E-state index is -0.196. The zero-order valence-electron chi connectivity index (χ0n) is 12.0. The second kappa shape index (κ2) is 6.27. The van der Waals surface area contributed by atoms with Crippen LogP contribution in [0.15, 0.2) is 42.5 Å². The molecule has 0 amide bonds. The van der Waals surface area contributed by atoms with Crippen LogP contribution in [0.2, 0.25) is 0 Å². The Morgan fingerprint density at radius 1 is 1.14 bits per heavy atom. The van der Waals surface area contributed by atoms with Crippen LogP contribution < -0.4 is 10.5 Å². The molecule has 3 rings (SSSR count). The van der Waals surface area contributed by atoms with Crippen LogP contribution in [-0.2, 0) is 19.3 Å². The van der Waals surface area contributed by atoms with Crippen molar-refractivity contribution in [2.24, 2.45) is 5.73 Å². The first kappa shape index (κ1) is 14.1. The number of hydrogen-bond acceptors (Lipinski definition) is 2. The van der Waals surface area contributed by atoms with Crippen LogP contribution in [-0.4, -0.2) is 12.6 Å². The molecule has 2 N–H and O–H groups in total. The fourth-order valence-corrected chi connectivity index (χ4v) is 2.82. The minimum Gasteiger partial charge on any atom is -0.493 e. The summed E-state index contributed by atoms with van der Waals surface area (Å²) in [6, 6.07) is 13.1. The fourth-order valence-electron chi connectivity index (χ4n) is 2.82. The topological polar surface area (TPSA) is 35.2 Å². The second-order valence-corrected chi connectivity index (χ2v) is 5.67. The van der Waals surface area contributed by atoms with Gasteiger partial charge in [-0.3, -0.25) is 0 Å². The third kappa shape index (κ3) is 3.61. The lowest BCUT2D eigenvalue weighted by Gasteiger charge is -2.12. The monoisotopic (exact) mass is 285 g/mol. The van der Waals surface area contributed by atoms with Gasteiger partial charge in [-0.1, -0.05) is 24.3 Å². The lowest BCUT2D eigenvalue weighted by atomic mass is 9.98. The lowest BCUT2D eigenvalue weighted by Crippen LogP contribution is -2.23. The van der Waals surface area contributed by atoms with E-state index in [1.54, 1.807) is 12.1 Å². The SMILES string of the molecule is NC(CCc1ccc2c(c1)CCO2)Cc1cccc(F)c1. The molecule has 1 aliphatic heterocycles. The molecule has 3 heteroatoms. The Morgan fingerprint density at radius 3 is 2.90 bits per heavy atom. The van der Waals surface area contributed by atoms with Crippen molar-refractivity contribution in [1.29, 1.82) is 0 Å². The number of benzene rings is 2. The van der Waals surface area contributed by atoms with Crippen molar-refractivity contribution >= 4 is 0 Å². The molecular weight excluding hydrogens is 265 g/mol. The van der Waals surface area contributed by atoms with E-state index >= 15 is 0 Å². The summed E-state index contributed by atoms with van der Waals surface area (Å²) >= 11 is 0. The Bertz CT molecular complexity index is 626. The predicted molar refractivity (Wildman–Crippen MR) is 82.0 cm³/mol. The number of nitrogens with two attached hydrogens (primary N) is 1. The summed E-state index contributed by atoms with van der Waals surface area (Å²) < 4.78 is 18.7. The van der Waals surface area contributed by atoms with Gasteiger partial charge >= 0.3 is 0 Å². The van der Waals surface area contributed by atoms with Gasteiger partial charge in [-0.15, -0.1) is 0 Å². The van der Waals surface area contributed by atoms with E-state index in [4.69, 9.17) is 10.5 Å². The molecular formula is C18H20FNO. The Hall–Kier alpha value is -1.87. The highest BCUT2D eigenvalue weighted by atomic mass is 19.1. The van der Waals surface area contributed by atoms with Gasteiger partial charge in [0.1, 0.15) is 11.6 Å². The van der Waals surface area contributed by atoms with Crippen LogP contribution in [0.4, 0.5) is 4.39 Å². The molecule has 1 atom stereocenters. The third-order valence-corrected chi connectivity index (χ3v) is 3.94. The maximum absolute atomic E-state index is 13.1. The first-order valence-electron chi connectivity index (χ1n) is 7.45. The lowest BCUT2D eigenvalue weighted by molar-refractivity contribution is 0.357. The molecule has 1 unspecified atom stereocenters. The summed E-state index contributed by atoms with van der Waals surface area (Å²) in [5.74, 6) is 0.820. The van der Waals surface area contributed by atoms with E-state index in [9.17, 15) is 4.39 Å². The van der Waals surface area contributed by atoms with Crippen molar-refractivity contribution in [2.45, 2.75) is 31.7 Å². The molecule has 2 aromatic rings. The van der Waals surface area contributed by atoms with E-state index in [0.717, 1.165) is 37.2 Å². The van der Waals surface area contributed by atoms with Crippen molar-refractivity contribution in [2.75, 3.05) is 6.61 Å². The average Bonchev–Trinajstić information content (AvgIpc) is 2.92. The van der Waals surface area contributed by atoms with Gasteiger partial charge < -0.3 is 10.5 Å². The Balaban J connectivity index is 1.55. The van der Waals surface area contributed by atoms with Gasteiger partial charge in [0.2, 0.25) is 0 Å². The van der Waals surface area contributed by atoms with Gasteiger partial charge in [0.15, 0.2) is 0 Å². The van der Waals surface area contributed by atoms with Crippen LogP contribution in [0.5, 0.6) is 5.75 Å². The number of aryl methyl sites for hydroxylation is 1. The van der Waals surface area contributed by atoms with Crippen LogP contribution >= 0.6 is 0 Å². The molecule has 0 saturated carbocycles. The number of rotatable bonds is 5. The standard InChI is InChI=1S/C18H20FNO/c19-16-3-1-2-14(11-16)12-17(20)6-4-13-5-7-18-15(10-13)8-9-21-18/h1-3,5,7,10-11,17H,4,6,8-9,12,20H2. The second-order valence-electron chi connectivity index (χ2n) is 5.67. The first-order valence-corrected chi connectivity index (χ1v) is 7.45. The van der Waals surface area contributed by atoms with E-state index in [-0.39, 0.29) is 11.9 Å². The Kier molecular flexibility index (Phi) is 4.20. The molecule has 0 spiro atoms. The van der Waals surface area contributed by atoms with Gasteiger partial charge in [0, 0.05) is 12.5 Å². The predicted octanol–water partition coefficient (Wildman–Crippen LogP) is 3.26. The van der Waals surface area contributed by atoms with Crippen LogP contribution in [0, 0.1) is 5.82 Å². The normalized spacial score (nSPS) is 14.6. The summed E-state index contributed by atoms with van der Waals surface area (Å²) in [5, 5.41) is 0. The van der Waals surface area contributed by atoms with E-state index in [1.807, 2.05) is 6.07 Å². The first-order chi connectivity index (χ1) is 10.2. The van der Waals surface area contributed by atoms with E-state index < -0.39 is 0 Å². The van der Waals surface area contributed by atoms with E-state index in [0.29, 0.717) is 6.42 Å². The number of fused-ring (bicyclic) bond motifs is 1. The molecule has 0 radical (unpaired) electrons. The molecule has 0 fully saturated rings. The number of hydrogen-bond donors (Lipinski definition) is 1. The van der Waals surface area contributed by atoms with Crippen molar-refractivity contribution < 1.29 is 9.13 Å². The number of halogens is 1. The summed E-state index contributed by atoms with van der Waals surface area (Å²) in [6.45, 7) is 0.790. The summed E-state index contributed by atoms with van der Waals surface area (Å²) in [5.41, 5.74) is 9.73. The van der Waals surface area contributed by atoms with Crippen LogP contribution in [0.1, 0.15) is 23.1 Å². The highest BCUT2D eigenvalue weighted by Crippen LogP contribution is 2.26. The zero-order valence-corrected chi connectivity index (χ0v) is 12.0. The van der Waals surface area contributed by atoms with Gasteiger partial charge in [-0.25, -0.2) is 4.39 Å². The van der Waals surface area contributed by atoms with Crippen LogP contribution in [0.25, 0.3) is 0 Å². The average molecular weight is 285 g/mol. The quantitative estimate of drug-likeness (QED) is 0.915. The summed E-state index contributed by atoms with van der Waals surface area (Å²) in [6.07, 6.45) is 3.56. The van der Waals surface area contributed by atoms with Gasteiger partial charge in [0.05, 0.1) is 6.61 Å². The fraction of sp³-hybridized carbons (Fsp3) is 0.333. The van der Waals surface area contributed by atoms with Gasteiger partial charge in [-0.05, 0) is 54.2 Å². The largest absolute Gasteiger partial charge is 0.493 e. The summed E-state index contributed by atoms with van der Waals surface area (Å²) in [4.78, 5) is 0.